The number of rotatable bonds is 4. The van der Waals surface area contributed by atoms with Gasteiger partial charge in [0, 0.05) is 12.0 Å². The van der Waals surface area contributed by atoms with Crippen molar-refractivity contribution in [2.45, 2.75) is 19.5 Å². The molecule has 0 spiro atoms. The van der Waals surface area contributed by atoms with Gasteiger partial charge in [0.05, 0.1) is 11.4 Å². The lowest BCUT2D eigenvalue weighted by Crippen LogP contribution is -2.17. The topological polar surface area (TPSA) is 87.1 Å². The molecule has 2 N–H and O–H groups in total. The summed E-state index contributed by atoms with van der Waals surface area (Å²) < 4.78 is 58.0. The van der Waals surface area contributed by atoms with Crippen molar-refractivity contribution in [3.05, 3.63) is 41.1 Å². The molecule has 0 aliphatic carbocycles. The maximum Gasteiger partial charge on any atom is 0.573 e. The van der Waals surface area contributed by atoms with Gasteiger partial charge in [-0.2, -0.15) is 0 Å². The highest BCUT2D eigenvalue weighted by Gasteiger charge is 2.31. The second-order valence-corrected chi connectivity index (χ2v) is 4.89. The number of anilines is 1. The van der Waals surface area contributed by atoms with Crippen LogP contribution in [-0.2, 0) is 13.1 Å². The fourth-order valence-electron chi connectivity index (χ4n) is 2.24. The van der Waals surface area contributed by atoms with Crippen LogP contribution in [0, 0.1) is 0 Å². The van der Waals surface area contributed by atoms with Crippen molar-refractivity contribution in [2.75, 3.05) is 5.73 Å². The Kier molecular flexibility index (Phi) is 3.96. The standard InChI is InChI=1S/C14H10F4N4O2/c15-6-10-9(11(19)12-13(20-10)22-24-21-12)5-7-1-3-8(4-2-7)23-14(16,17)18/h1-4H,5-6,19H2. The molecule has 3 aromatic rings. The second kappa shape index (κ2) is 5.95. The zero-order valence-electron chi connectivity index (χ0n) is 12.0. The van der Waals surface area contributed by atoms with Crippen LogP contribution in [0.5, 0.6) is 5.75 Å². The Hall–Kier alpha value is -2.91. The Balaban J connectivity index is 1.90. The van der Waals surface area contributed by atoms with E-state index >= 15 is 0 Å². The molecule has 2 aromatic heterocycles. The molecule has 0 fully saturated rings. The molecule has 1 aromatic carbocycles. The van der Waals surface area contributed by atoms with E-state index in [2.05, 4.69) is 24.7 Å². The van der Waals surface area contributed by atoms with Crippen LogP contribution in [-0.4, -0.2) is 21.7 Å². The summed E-state index contributed by atoms with van der Waals surface area (Å²) in [6, 6.07) is 5.18. The van der Waals surface area contributed by atoms with Crippen LogP contribution < -0.4 is 10.5 Å². The molecule has 0 radical (unpaired) electrons. The minimum atomic E-state index is -4.76. The SMILES string of the molecule is Nc1c(Cc2ccc(OC(F)(F)F)cc2)c(CF)nc2nonc12. The Labute approximate surface area is 132 Å². The van der Waals surface area contributed by atoms with Gasteiger partial charge in [0.25, 0.3) is 0 Å². The molecule has 0 aliphatic rings. The Morgan fingerprint density at radius 2 is 1.83 bits per heavy atom. The number of benzene rings is 1. The lowest BCUT2D eigenvalue weighted by molar-refractivity contribution is -0.274. The number of hydrogen-bond acceptors (Lipinski definition) is 6. The van der Waals surface area contributed by atoms with Crippen LogP contribution in [0.25, 0.3) is 11.2 Å². The molecule has 0 amide bonds. The molecule has 0 atom stereocenters. The minimum absolute atomic E-state index is 0.0753. The number of halogens is 4. The molecule has 10 heteroatoms. The van der Waals surface area contributed by atoms with Crippen molar-refractivity contribution < 1.29 is 26.9 Å². The molecular weight excluding hydrogens is 332 g/mol. The van der Waals surface area contributed by atoms with Crippen LogP contribution in [0.3, 0.4) is 0 Å². The first-order valence-corrected chi connectivity index (χ1v) is 6.67. The van der Waals surface area contributed by atoms with Gasteiger partial charge in [0.1, 0.15) is 12.4 Å². The zero-order chi connectivity index (χ0) is 17.3. The predicted molar refractivity (Wildman–Crippen MR) is 74.8 cm³/mol. The molecular formula is C14H10F4N4O2. The summed E-state index contributed by atoms with van der Waals surface area (Å²) in [6.45, 7) is -0.877. The van der Waals surface area contributed by atoms with E-state index in [1.165, 1.54) is 12.1 Å². The van der Waals surface area contributed by atoms with Crippen molar-refractivity contribution >= 4 is 16.9 Å². The van der Waals surface area contributed by atoms with Gasteiger partial charge >= 0.3 is 6.36 Å². The maximum atomic E-state index is 13.2. The first-order chi connectivity index (χ1) is 11.4. The number of pyridine rings is 1. The molecule has 0 saturated carbocycles. The Bertz CT molecular complexity index is 862. The van der Waals surface area contributed by atoms with Crippen LogP contribution in [0.4, 0.5) is 23.2 Å². The summed E-state index contributed by atoms with van der Waals surface area (Å²) in [5, 5.41) is 7.12. The highest BCUT2D eigenvalue weighted by Crippen LogP contribution is 2.28. The van der Waals surface area contributed by atoms with E-state index in [9.17, 15) is 17.6 Å². The van der Waals surface area contributed by atoms with Crippen molar-refractivity contribution in [3.8, 4) is 5.75 Å². The summed E-state index contributed by atoms with van der Waals surface area (Å²) in [7, 11) is 0. The van der Waals surface area contributed by atoms with E-state index in [1.807, 2.05) is 0 Å². The third-order valence-corrected chi connectivity index (χ3v) is 3.31. The second-order valence-electron chi connectivity index (χ2n) is 4.89. The molecule has 6 nitrogen and oxygen atoms in total. The van der Waals surface area contributed by atoms with Gasteiger partial charge in [-0.25, -0.2) is 14.0 Å². The van der Waals surface area contributed by atoms with Gasteiger partial charge in [-0.15, -0.1) is 13.2 Å². The summed E-state index contributed by atoms with van der Waals surface area (Å²) in [5.41, 5.74) is 7.49. The van der Waals surface area contributed by atoms with Crippen LogP contribution >= 0.6 is 0 Å². The van der Waals surface area contributed by atoms with E-state index in [-0.39, 0.29) is 34.7 Å². The predicted octanol–water partition coefficient (Wildman–Crippen LogP) is 3.16. The van der Waals surface area contributed by atoms with E-state index in [0.717, 1.165) is 12.1 Å². The van der Waals surface area contributed by atoms with Crippen molar-refractivity contribution in [2.24, 2.45) is 0 Å². The van der Waals surface area contributed by atoms with Gasteiger partial charge in [0.15, 0.2) is 5.52 Å². The van der Waals surface area contributed by atoms with Gasteiger partial charge in [-0.1, -0.05) is 12.1 Å². The molecule has 126 valence electrons. The van der Waals surface area contributed by atoms with Gasteiger partial charge in [-0.05, 0) is 28.0 Å². The molecule has 0 unspecified atom stereocenters. The summed E-state index contributed by atoms with van der Waals surface area (Å²) in [6.07, 6.45) is -4.60. The van der Waals surface area contributed by atoms with E-state index in [1.54, 1.807) is 0 Å². The lowest BCUT2D eigenvalue weighted by atomic mass is 10.0. The average molecular weight is 342 g/mol. The molecule has 0 saturated heterocycles. The monoisotopic (exact) mass is 342 g/mol. The molecule has 24 heavy (non-hydrogen) atoms. The van der Waals surface area contributed by atoms with Crippen molar-refractivity contribution in [1.82, 2.24) is 15.3 Å². The average Bonchev–Trinajstić information content (AvgIpc) is 2.99. The van der Waals surface area contributed by atoms with E-state index in [0.29, 0.717) is 11.1 Å². The number of ether oxygens (including phenoxy) is 1. The first-order valence-electron chi connectivity index (χ1n) is 6.67. The van der Waals surface area contributed by atoms with Gasteiger partial charge in [-0.3, -0.25) is 0 Å². The highest BCUT2D eigenvalue weighted by atomic mass is 19.4. The zero-order valence-corrected chi connectivity index (χ0v) is 12.0. The minimum Gasteiger partial charge on any atom is -0.406 e. The largest absolute Gasteiger partial charge is 0.573 e. The summed E-state index contributed by atoms with van der Waals surface area (Å²) >= 11 is 0. The first kappa shape index (κ1) is 16.0. The summed E-state index contributed by atoms with van der Waals surface area (Å²) in [5.74, 6) is -0.348. The number of hydrogen-bond donors (Lipinski definition) is 1. The Morgan fingerprint density at radius 1 is 1.12 bits per heavy atom. The van der Waals surface area contributed by atoms with Crippen molar-refractivity contribution in [1.29, 1.82) is 0 Å². The van der Waals surface area contributed by atoms with E-state index in [4.69, 9.17) is 5.73 Å². The Morgan fingerprint density at radius 3 is 2.46 bits per heavy atom. The van der Waals surface area contributed by atoms with E-state index < -0.39 is 13.0 Å². The lowest BCUT2D eigenvalue weighted by Gasteiger charge is -2.11. The molecule has 3 rings (SSSR count). The molecule has 2 heterocycles. The fourth-order valence-corrected chi connectivity index (χ4v) is 2.24. The molecule has 0 bridgehead atoms. The molecule has 0 aliphatic heterocycles. The normalized spacial score (nSPS) is 11.8. The van der Waals surface area contributed by atoms with Crippen molar-refractivity contribution in [3.63, 3.8) is 0 Å². The fraction of sp³-hybridized carbons (Fsp3) is 0.214. The number of aromatic nitrogens is 3. The summed E-state index contributed by atoms with van der Waals surface area (Å²) in [4.78, 5) is 3.98. The quantitative estimate of drug-likeness (QED) is 0.733. The number of nitrogens with zero attached hydrogens (tertiary/aromatic N) is 3. The number of nitrogen functional groups attached to an aromatic ring is 1. The number of nitrogens with two attached hydrogens (primary N) is 1. The van der Waals surface area contributed by atoms with Crippen LogP contribution in [0.1, 0.15) is 16.8 Å². The maximum absolute atomic E-state index is 13.2. The smallest absolute Gasteiger partial charge is 0.406 e. The third-order valence-electron chi connectivity index (χ3n) is 3.31. The number of alkyl halides is 4. The van der Waals surface area contributed by atoms with Crippen LogP contribution in [0.2, 0.25) is 0 Å². The van der Waals surface area contributed by atoms with Gasteiger partial charge in [0.2, 0.25) is 5.65 Å². The van der Waals surface area contributed by atoms with Gasteiger partial charge < -0.3 is 10.5 Å². The third kappa shape index (κ3) is 3.21. The highest BCUT2D eigenvalue weighted by molar-refractivity contribution is 5.85. The number of fused-ring (bicyclic) bond motifs is 1. The van der Waals surface area contributed by atoms with Crippen LogP contribution in [0.15, 0.2) is 28.9 Å².